The molecular formula is C79H78Cl2N8O19. The van der Waals surface area contributed by atoms with Gasteiger partial charge in [-0.2, -0.15) is 0 Å². The maximum absolute atomic E-state index is 16.3. The average molecular weight is 1510 g/mol. The van der Waals surface area contributed by atoms with E-state index in [1.165, 1.54) is 73.8 Å². The quantitative estimate of drug-likeness (QED) is 0.0401. The first-order valence-corrected chi connectivity index (χ1v) is 35.0. The van der Waals surface area contributed by atoms with Crippen LogP contribution in [0.15, 0.2) is 170 Å². The zero-order valence-corrected chi connectivity index (χ0v) is 60.7. The Balaban J connectivity index is 1.12. The standard InChI is InChI=1S/C79H78Cl2N8O19/c1-40(2)28-54(89(6)78(102)108-79(3,4)5)72(96)87-66-68(93)45-23-26-57(51(80)30-45)106-59-32-47-33-60(70(59)104-38-42-18-12-8-13-19-42)107-58-27-24-46(31-52(58)81)69(94)67-76(100)86-65(77(101)105-39-43-20-14-9-15-21-43)50-34-48(90)35-55(91)62(50)49-29-44(22-25-56(49)103-37-41-16-10-7-11-17-41)63(73(97)88-67)85-74(98)64(47)84-71(95)53(36-61(82)92)83-75(66)99/h7-27,29-35,40,53-54,63-69,90-91,93-94H,28,36-39H2,1-6H3,(H2,82,92)(H,83,99)(H,84,95)(H,85,98)(H,86,100)(H,87,96)(H,88,97)/t53-,54+,63+,64+,65-,66+,67-,68+,69+/m0/s1. The average Bonchev–Trinajstić information content (AvgIpc) is 0.721. The molecule has 8 amide bonds. The number of aliphatic hydroxyl groups is 2. The molecule has 0 saturated carbocycles. The topological polar surface area (TPSA) is 391 Å². The van der Waals surface area contributed by atoms with Crippen molar-refractivity contribution in [2.75, 3.05) is 7.05 Å². The van der Waals surface area contributed by atoms with Gasteiger partial charge in [-0.3, -0.25) is 38.5 Å². The van der Waals surface area contributed by atoms with Crippen LogP contribution in [-0.4, -0.2) is 116 Å². The van der Waals surface area contributed by atoms with Crippen molar-refractivity contribution in [1.29, 1.82) is 0 Å². The Morgan fingerprint density at radius 3 is 1.69 bits per heavy atom. The number of nitrogens with zero attached hydrogens (tertiary/aromatic N) is 1. The molecule has 108 heavy (non-hydrogen) atoms. The van der Waals surface area contributed by atoms with Gasteiger partial charge in [0.15, 0.2) is 17.5 Å². The Kier molecular flexibility index (Phi) is 23.8. The lowest BCUT2D eigenvalue weighted by Crippen LogP contribution is -2.59. The van der Waals surface area contributed by atoms with Crippen LogP contribution in [0, 0.1) is 5.92 Å². The van der Waals surface area contributed by atoms with Gasteiger partial charge in [0.25, 0.3) is 0 Å². The molecule has 29 heteroatoms. The summed E-state index contributed by atoms with van der Waals surface area (Å²) in [6.07, 6.45) is -6.12. The fraction of sp³-hybridized carbons (Fsp3) is 0.278. The second-order valence-corrected chi connectivity index (χ2v) is 28.2. The molecule has 0 unspecified atom stereocenters. The summed E-state index contributed by atoms with van der Waals surface area (Å²) < 4.78 is 37.9. The summed E-state index contributed by atoms with van der Waals surface area (Å²) in [5, 5.41) is 63.7. The highest BCUT2D eigenvalue weighted by Gasteiger charge is 2.43. The van der Waals surface area contributed by atoms with Crippen LogP contribution in [0.3, 0.4) is 0 Å². The molecule has 8 aromatic rings. The Morgan fingerprint density at radius 2 is 1.13 bits per heavy atom. The van der Waals surface area contributed by atoms with Crippen molar-refractivity contribution in [3.05, 3.63) is 224 Å². The number of ether oxygens (including phenoxy) is 6. The Morgan fingerprint density at radius 1 is 0.593 bits per heavy atom. The molecule has 0 aliphatic carbocycles. The maximum Gasteiger partial charge on any atom is 0.410 e. The summed E-state index contributed by atoms with van der Waals surface area (Å²) in [6.45, 7) is 7.73. The van der Waals surface area contributed by atoms with E-state index in [4.69, 9.17) is 57.4 Å². The van der Waals surface area contributed by atoms with Crippen molar-refractivity contribution in [1.82, 2.24) is 36.8 Å². The second-order valence-electron chi connectivity index (χ2n) is 27.4. The number of amides is 8. The van der Waals surface area contributed by atoms with Crippen LogP contribution in [0.1, 0.15) is 122 Å². The number of esters is 1. The van der Waals surface area contributed by atoms with Gasteiger partial charge in [-0.15, -0.1) is 0 Å². The number of nitrogens with two attached hydrogens (primary N) is 1. The lowest BCUT2D eigenvalue weighted by molar-refractivity contribution is -0.150. The number of aliphatic hydroxyl groups excluding tert-OH is 2. The highest BCUT2D eigenvalue weighted by Crippen LogP contribution is 2.49. The van der Waals surface area contributed by atoms with Crippen LogP contribution in [-0.2, 0) is 67.7 Å². The number of phenols is 2. The highest BCUT2D eigenvalue weighted by molar-refractivity contribution is 6.32. The molecule has 0 radical (unpaired) electrons. The number of aromatic hydroxyl groups is 2. The van der Waals surface area contributed by atoms with Gasteiger partial charge in [-0.05, 0) is 127 Å². The first kappa shape index (κ1) is 77.2. The van der Waals surface area contributed by atoms with Crippen molar-refractivity contribution in [2.45, 2.75) is 127 Å². The molecule has 5 aliphatic heterocycles. The van der Waals surface area contributed by atoms with Gasteiger partial charge in [0.1, 0.15) is 103 Å². The molecule has 8 aromatic carbocycles. The van der Waals surface area contributed by atoms with Crippen molar-refractivity contribution < 1.29 is 92.0 Å². The lowest BCUT2D eigenvalue weighted by Gasteiger charge is -2.33. The molecule has 13 rings (SSSR count). The molecule has 5 aliphatic rings. The van der Waals surface area contributed by atoms with Gasteiger partial charge in [0.05, 0.1) is 16.5 Å². The van der Waals surface area contributed by atoms with Crippen LogP contribution in [0.25, 0.3) is 11.1 Å². The van der Waals surface area contributed by atoms with E-state index in [1.807, 2.05) is 0 Å². The van der Waals surface area contributed by atoms with Crippen LogP contribution >= 0.6 is 23.2 Å². The molecular weight excluding hydrogens is 1440 g/mol. The summed E-state index contributed by atoms with van der Waals surface area (Å²) in [5.41, 5.74) is 5.23. The van der Waals surface area contributed by atoms with Crippen LogP contribution < -0.4 is 56.6 Å². The largest absolute Gasteiger partial charge is 0.508 e. The summed E-state index contributed by atoms with van der Waals surface area (Å²) in [4.78, 5) is 136. The second kappa shape index (κ2) is 33.3. The van der Waals surface area contributed by atoms with Gasteiger partial charge in [0, 0.05) is 29.8 Å². The molecule has 9 atom stereocenters. The number of hydrogen-bond donors (Lipinski definition) is 11. The number of phenolic OH excluding ortho intramolecular Hbond substituents is 2. The SMILES string of the molecule is CC(C)C[C@H](C(=O)N[C@H]1C(=O)N[C@@H](CC(N)=O)C(=O)N[C@H]2C(=O)N[C@H]3C(=O)N[C@H](C(=O)N[C@H](C(=O)OCc4ccccc4)c4cc(O)cc(O)c4-c4cc3ccc4OCc3ccccc3)[C@H](O)c3ccc(c(Cl)c3)Oc3cc2cc(c3OCc2ccccc2)Oc2ccc(cc2Cl)[C@H]1O)N(C)C(=O)OC(C)(C)C. The van der Waals surface area contributed by atoms with Gasteiger partial charge in [-0.25, -0.2) is 9.59 Å². The fourth-order valence-corrected chi connectivity index (χ4v) is 12.8. The summed E-state index contributed by atoms with van der Waals surface area (Å²) >= 11 is 14.3. The number of halogens is 2. The first-order chi connectivity index (χ1) is 51.5. The van der Waals surface area contributed by atoms with Crippen molar-refractivity contribution in [2.24, 2.45) is 11.7 Å². The number of likely N-dealkylation sites (N-methyl/N-ethyl adjacent to an activating group) is 1. The first-order valence-electron chi connectivity index (χ1n) is 34.3. The minimum Gasteiger partial charge on any atom is -0.508 e. The van der Waals surface area contributed by atoms with Crippen LogP contribution in [0.5, 0.6) is 46.0 Å². The monoisotopic (exact) mass is 1510 g/mol. The summed E-state index contributed by atoms with van der Waals surface area (Å²) in [7, 11) is 1.31. The minimum absolute atomic E-state index is 0.00337. The summed E-state index contributed by atoms with van der Waals surface area (Å²) in [6, 6.07) is 28.3. The zero-order chi connectivity index (χ0) is 77.4. The predicted octanol–water partition coefficient (Wildman–Crippen LogP) is 9.45. The van der Waals surface area contributed by atoms with Crippen molar-refractivity contribution in [3.63, 3.8) is 0 Å². The van der Waals surface area contributed by atoms with Gasteiger partial charge >= 0.3 is 12.1 Å². The van der Waals surface area contributed by atoms with E-state index in [2.05, 4.69) is 31.9 Å². The Labute approximate surface area is 629 Å². The Bertz CT molecular complexity index is 4760. The fourth-order valence-electron chi connectivity index (χ4n) is 12.4. The number of hydrogen-bond acceptors (Lipinski definition) is 19. The normalized spacial score (nSPS) is 19.6. The number of nitrogens with one attached hydrogen (secondary N) is 6. The van der Waals surface area contributed by atoms with E-state index >= 15 is 24.0 Å². The third-order valence-electron chi connectivity index (χ3n) is 17.7. The van der Waals surface area contributed by atoms with Crippen LogP contribution in [0.4, 0.5) is 4.79 Å². The number of benzene rings is 8. The maximum atomic E-state index is 16.3. The molecule has 0 aromatic heterocycles. The van der Waals surface area contributed by atoms with Gasteiger partial charge in [-0.1, -0.05) is 146 Å². The molecule has 12 N–H and O–H groups in total. The Hall–Kier alpha value is -11.9. The molecule has 5 heterocycles. The highest BCUT2D eigenvalue weighted by atomic mass is 35.5. The van der Waals surface area contributed by atoms with Gasteiger partial charge in [0.2, 0.25) is 47.1 Å². The van der Waals surface area contributed by atoms with E-state index < -0.39 is 131 Å². The third-order valence-corrected chi connectivity index (χ3v) is 18.3. The molecule has 0 fully saturated rings. The van der Waals surface area contributed by atoms with Crippen molar-refractivity contribution >= 4 is 76.6 Å². The third kappa shape index (κ3) is 18.3. The summed E-state index contributed by atoms with van der Waals surface area (Å²) in [5.74, 6) is -12.6. The van der Waals surface area contributed by atoms with Crippen molar-refractivity contribution in [3.8, 4) is 57.1 Å². The molecule has 11 bridgehead atoms. The van der Waals surface area contributed by atoms with E-state index in [9.17, 15) is 39.6 Å². The molecule has 0 spiro atoms. The number of primary amides is 1. The van der Waals surface area contributed by atoms with Crippen LogP contribution in [0.2, 0.25) is 10.0 Å². The van der Waals surface area contributed by atoms with E-state index in [0.29, 0.717) is 16.7 Å². The number of carbonyl (C=O) groups is 9. The number of carbonyl (C=O) groups excluding carboxylic acids is 9. The predicted molar refractivity (Wildman–Crippen MR) is 392 cm³/mol. The molecule has 562 valence electrons. The smallest absolute Gasteiger partial charge is 0.410 e. The van der Waals surface area contributed by atoms with Gasteiger partial charge < -0.3 is 86.5 Å². The lowest BCUT2D eigenvalue weighted by atomic mass is 9.89. The van der Waals surface area contributed by atoms with E-state index in [1.54, 1.807) is 126 Å². The number of fused-ring (bicyclic) bond motifs is 15. The minimum atomic E-state index is -2.18. The zero-order valence-electron chi connectivity index (χ0n) is 59.2. The van der Waals surface area contributed by atoms with E-state index in [0.717, 1.165) is 17.0 Å². The molecule has 27 nitrogen and oxygen atoms in total. The molecule has 0 saturated heterocycles. The van der Waals surface area contributed by atoms with E-state index in [-0.39, 0.29) is 116 Å². The number of rotatable bonds is 16.